The molecule has 0 aliphatic carbocycles. The molecule has 0 unspecified atom stereocenters. The molecule has 0 spiro atoms. The van der Waals surface area contributed by atoms with Crippen molar-refractivity contribution in [2.24, 2.45) is 0 Å². The zero-order valence-electron chi connectivity index (χ0n) is 14.2. The van der Waals surface area contributed by atoms with Gasteiger partial charge >= 0.3 is 51.4 Å². The number of rotatable bonds is 5. The minimum absolute atomic E-state index is 0. The van der Waals surface area contributed by atoms with E-state index in [1.54, 1.807) is 36.4 Å². The van der Waals surface area contributed by atoms with Crippen molar-refractivity contribution in [2.45, 2.75) is 11.8 Å². The Balaban J connectivity index is 0.00000243. The molecule has 0 saturated carbocycles. The maximum absolute atomic E-state index is 12.5. The Hall–Kier alpha value is -1.01. The van der Waals surface area contributed by atoms with E-state index in [2.05, 4.69) is 16.0 Å². The first-order valence-electron chi connectivity index (χ1n) is 7.20. The number of carbonyl (C=O) groups excluding carboxylic acids is 2. The van der Waals surface area contributed by atoms with Crippen LogP contribution in [0.3, 0.4) is 0 Å². The molecule has 0 N–H and O–H groups in total. The first kappa shape index (κ1) is 21.3. The monoisotopic (exact) mass is 396 g/mol. The van der Waals surface area contributed by atoms with Crippen molar-refractivity contribution in [1.82, 2.24) is 0 Å². The summed E-state index contributed by atoms with van der Waals surface area (Å²) >= 11 is 0.736. The van der Waals surface area contributed by atoms with Crippen LogP contribution in [0.15, 0.2) is 65.6 Å². The van der Waals surface area contributed by atoms with E-state index in [-0.39, 0.29) is 57.0 Å². The topological polar surface area (TPSA) is 82.1 Å². The summed E-state index contributed by atoms with van der Waals surface area (Å²) in [6.07, 6.45) is 0. The van der Waals surface area contributed by atoms with Gasteiger partial charge in [-0.05, 0) is 43.3 Å². The van der Waals surface area contributed by atoms with E-state index < -0.39 is 11.8 Å². The predicted molar refractivity (Wildman–Crippen MR) is 89.8 cm³/mol. The molecule has 0 radical (unpaired) electrons. The van der Waals surface area contributed by atoms with Crippen LogP contribution in [0, 0.1) is 6.92 Å². The summed E-state index contributed by atoms with van der Waals surface area (Å²) in [4.78, 5) is 25.6. The number of amides is 2. The number of hydrazine groups is 1. The van der Waals surface area contributed by atoms with Crippen LogP contribution in [0.5, 0.6) is 0 Å². The van der Waals surface area contributed by atoms with Gasteiger partial charge < -0.3 is 5.26 Å². The van der Waals surface area contributed by atoms with Crippen molar-refractivity contribution in [3.8, 4) is 0 Å². The van der Waals surface area contributed by atoms with Crippen LogP contribution >= 0.6 is 12.0 Å². The molecule has 7 nitrogen and oxygen atoms in total. The Bertz CT molecular complexity index is 826. The van der Waals surface area contributed by atoms with Crippen LogP contribution in [0.25, 0.3) is 0 Å². The third-order valence-electron chi connectivity index (χ3n) is 3.62. The Kier molecular flexibility index (Phi) is 7.59. The number of carbonyl (C=O) groups is 2. The van der Waals surface area contributed by atoms with E-state index in [1.165, 1.54) is 10.0 Å². The van der Waals surface area contributed by atoms with Crippen molar-refractivity contribution in [3.63, 3.8) is 0 Å². The van der Waals surface area contributed by atoms with Crippen LogP contribution in [-0.2, 0) is 19.0 Å². The predicted octanol–water partition coefficient (Wildman–Crippen LogP) is -0.919. The summed E-state index contributed by atoms with van der Waals surface area (Å²) < 4.78 is 4.24. The number of hydrogen-bond donors (Lipinski definition) is 0. The maximum atomic E-state index is 12.5. The molecule has 1 heterocycles. The van der Waals surface area contributed by atoms with Crippen molar-refractivity contribution in [3.05, 3.63) is 66.2 Å². The normalized spacial score (nSPS) is 14.0. The standard InChI is InChI=1S/C17H14N2O5S.K/c1-11-3-5-13(6-4-11)18-16(20)12(2)17(21)19(18)14-7-9-15(10-8-14)25-24-23-22;/h3-10,22H,2H2,1H3;/q;+1/p-1. The molecule has 2 amide bonds. The van der Waals surface area contributed by atoms with Gasteiger partial charge in [0.1, 0.15) is 5.57 Å². The smallest absolute Gasteiger partial charge is 0.691 e. The molecule has 1 aliphatic heterocycles. The second-order valence-electron chi connectivity index (χ2n) is 5.26. The molecule has 0 bridgehead atoms. The molecular formula is C17H13KN2O5S. The molecule has 2 aromatic carbocycles. The number of aryl methyl sites for hydroxylation is 1. The average molecular weight is 396 g/mol. The summed E-state index contributed by atoms with van der Waals surface area (Å²) in [5.41, 5.74) is 1.96. The summed E-state index contributed by atoms with van der Waals surface area (Å²) in [7, 11) is 0. The molecular weight excluding hydrogens is 383 g/mol. The Labute approximate surface area is 197 Å². The van der Waals surface area contributed by atoms with Gasteiger partial charge in [-0.3, -0.25) is 14.6 Å². The molecule has 1 saturated heterocycles. The van der Waals surface area contributed by atoms with Gasteiger partial charge in [-0.1, -0.05) is 24.3 Å². The van der Waals surface area contributed by atoms with E-state index in [1.807, 2.05) is 19.1 Å². The van der Waals surface area contributed by atoms with Gasteiger partial charge in [0.25, 0.3) is 11.8 Å². The van der Waals surface area contributed by atoms with Gasteiger partial charge in [0, 0.05) is 4.90 Å². The Morgan fingerprint density at radius 2 is 1.38 bits per heavy atom. The van der Waals surface area contributed by atoms with E-state index in [9.17, 15) is 14.8 Å². The number of nitrogens with zero attached hydrogens (tertiary/aromatic N) is 2. The van der Waals surface area contributed by atoms with Crippen LogP contribution in [-0.4, -0.2) is 11.8 Å². The maximum Gasteiger partial charge on any atom is 1.00 e. The first-order chi connectivity index (χ1) is 12.0. The molecule has 26 heavy (non-hydrogen) atoms. The van der Waals surface area contributed by atoms with Gasteiger partial charge in [-0.25, -0.2) is 10.0 Å². The van der Waals surface area contributed by atoms with Gasteiger partial charge in [0.2, 0.25) is 0 Å². The SMILES string of the molecule is C=C1C(=O)N(c2ccc(C)cc2)N(c2ccc(SOO[O-])cc2)C1=O.[K+]. The average Bonchev–Trinajstić information content (AvgIpc) is 2.85. The van der Waals surface area contributed by atoms with Crippen molar-refractivity contribution >= 4 is 35.2 Å². The van der Waals surface area contributed by atoms with Gasteiger partial charge in [0.15, 0.2) is 0 Å². The number of benzene rings is 2. The van der Waals surface area contributed by atoms with Crippen LogP contribution in [0.4, 0.5) is 11.4 Å². The molecule has 0 aromatic heterocycles. The molecule has 2 aromatic rings. The van der Waals surface area contributed by atoms with Crippen LogP contribution in [0.2, 0.25) is 0 Å². The van der Waals surface area contributed by atoms with Gasteiger partial charge in [0.05, 0.1) is 23.4 Å². The summed E-state index contributed by atoms with van der Waals surface area (Å²) in [5, 5.41) is 15.7. The summed E-state index contributed by atoms with van der Waals surface area (Å²) in [5.74, 6) is -0.972. The minimum atomic E-state index is -0.495. The summed E-state index contributed by atoms with van der Waals surface area (Å²) in [6, 6.07) is 13.7. The van der Waals surface area contributed by atoms with Crippen molar-refractivity contribution in [2.75, 3.05) is 10.0 Å². The fraction of sp³-hybridized carbons (Fsp3) is 0.0588. The van der Waals surface area contributed by atoms with E-state index >= 15 is 0 Å². The quantitative estimate of drug-likeness (QED) is 0.162. The van der Waals surface area contributed by atoms with Crippen molar-refractivity contribution in [1.29, 1.82) is 0 Å². The van der Waals surface area contributed by atoms with Gasteiger partial charge in [-0.15, -0.1) is 0 Å². The van der Waals surface area contributed by atoms with Crippen LogP contribution < -0.4 is 66.7 Å². The zero-order chi connectivity index (χ0) is 18.0. The molecule has 0 atom stereocenters. The molecule has 9 heteroatoms. The molecule has 128 valence electrons. The minimum Gasteiger partial charge on any atom is -0.691 e. The molecule has 1 aliphatic rings. The van der Waals surface area contributed by atoms with Crippen molar-refractivity contribution < 1.29 is 75.6 Å². The fourth-order valence-corrected chi connectivity index (χ4v) is 2.73. The Morgan fingerprint density at radius 1 is 0.923 bits per heavy atom. The zero-order valence-corrected chi connectivity index (χ0v) is 18.1. The first-order valence-corrected chi connectivity index (χ1v) is 7.94. The van der Waals surface area contributed by atoms with Gasteiger partial charge in [-0.2, -0.15) is 4.33 Å². The third kappa shape index (κ3) is 4.27. The number of anilines is 2. The second-order valence-corrected chi connectivity index (χ2v) is 6.04. The largest absolute Gasteiger partial charge is 1.00 e. The number of hydrogen-bond acceptors (Lipinski definition) is 6. The fourth-order valence-electron chi connectivity index (χ4n) is 2.38. The van der Waals surface area contributed by atoms with E-state index in [4.69, 9.17) is 0 Å². The summed E-state index contributed by atoms with van der Waals surface area (Å²) in [6.45, 7) is 5.52. The molecule has 3 rings (SSSR count). The van der Waals surface area contributed by atoms with Crippen LogP contribution in [0.1, 0.15) is 5.56 Å². The second kappa shape index (κ2) is 9.26. The van der Waals surface area contributed by atoms with E-state index in [0.29, 0.717) is 16.3 Å². The Morgan fingerprint density at radius 3 is 1.85 bits per heavy atom. The third-order valence-corrected chi connectivity index (χ3v) is 4.21. The van der Waals surface area contributed by atoms with E-state index in [0.717, 1.165) is 17.6 Å². The molecule has 1 fully saturated rings.